The van der Waals surface area contributed by atoms with Crippen molar-refractivity contribution in [2.45, 2.75) is 13.1 Å². The minimum Gasteiger partial charge on any atom is -0.480 e. The number of aliphatic carboxylic acids is 2. The molecule has 13 nitrogen and oxygen atoms in total. The number of fused-ring (bicyclic) bond motifs is 3. The number of para-hydroxylation sites is 1. The quantitative estimate of drug-likeness (QED) is 0.407. The molecule has 0 saturated heterocycles. The van der Waals surface area contributed by atoms with Crippen molar-refractivity contribution in [3.8, 4) is 0 Å². The molecule has 2 bridgehead atoms. The van der Waals surface area contributed by atoms with E-state index < -0.39 is 17.9 Å². The van der Waals surface area contributed by atoms with Crippen LogP contribution in [0, 0.1) is 0 Å². The zero-order valence-corrected chi connectivity index (χ0v) is 19.6. The van der Waals surface area contributed by atoms with Crippen molar-refractivity contribution in [2.24, 2.45) is 0 Å². The minimum absolute atomic E-state index is 0.0977. The Morgan fingerprint density at radius 2 is 1.36 bits per heavy atom. The zero-order chi connectivity index (χ0) is 25.5. The SMILES string of the molecule is O=C(O)CN1CCN(CC(=O)On2nnc3ccccc32)CCN(CC(=O)O)Cc2cccc(n2)C1. The fourth-order valence-corrected chi connectivity index (χ4v) is 4.03. The molecule has 1 aliphatic heterocycles. The first kappa shape index (κ1) is 25.2. The highest BCUT2D eigenvalue weighted by Gasteiger charge is 2.21. The normalized spacial score (nSPS) is 16.2. The number of aromatic nitrogens is 4. The second-order valence-corrected chi connectivity index (χ2v) is 8.52. The maximum absolute atomic E-state index is 12.8. The summed E-state index contributed by atoms with van der Waals surface area (Å²) in [7, 11) is 0. The van der Waals surface area contributed by atoms with Gasteiger partial charge in [-0.15, -0.1) is 5.10 Å². The molecule has 0 saturated carbocycles. The van der Waals surface area contributed by atoms with Crippen LogP contribution in [0.15, 0.2) is 42.5 Å². The van der Waals surface area contributed by atoms with Crippen LogP contribution in [0.3, 0.4) is 0 Å². The molecule has 0 unspecified atom stereocenters. The van der Waals surface area contributed by atoms with E-state index in [1.54, 1.807) is 34.1 Å². The van der Waals surface area contributed by atoms with Gasteiger partial charge in [0.05, 0.1) is 31.0 Å². The van der Waals surface area contributed by atoms with E-state index in [4.69, 9.17) is 4.84 Å². The summed E-state index contributed by atoms with van der Waals surface area (Å²) in [5.74, 6) is -2.50. The van der Waals surface area contributed by atoms with E-state index in [2.05, 4.69) is 15.3 Å². The van der Waals surface area contributed by atoms with Crippen molar-refractivity contribution in [3.05, 3.63) is 53.9 Å². The largest absolute Gasteiger partial charge is 0.480 e. The van der Waals surface area contributed by atoms with E-state index in [9.17, 15) is 24.6 Å². The third-order valence-electron chi connectivity index (χ3n) is 5.68. The van der Waals surface area contributed by atoms with Crippen molar-refractivity contribution in [1.82, 2.24) is 34.8 Å². The van der Waals surface area contributed by atoms with Gasteiger partial charge in [-0.2, -0.15) is 0 Å². The van der Waals surface area contributed by atoms with E-state index in [0.29, 0.717) is 61.7 Å². The molecule has 2 aromatic heterocycles. The average molecular weight is 498 g/mol. The number of rotatable bonds is 7. The van der Waals surface area contributed by atoms with E-state index in [1.165, 1.54) is 0 Å². The predicted molar refractivity (Wildman–Crippen MR) is 126 cm³/mol. The summed E-state index contributed by atoms with van der Waals surface area (Å²) >= 11 is 0. The lowest BCUT2D eigenvalue weighted by Gasteiger charge is -2.29. The average Bonchev–Trinajstić information content (AvgIpc) is 3.22. The summed E-state index contributed by atoms with van der Waals surface area (Å²) in [4.78, 5) is 52.0. The number of carbonyl (C=O) groups is 3. The number of pyridine rings is 1. The lowest BCUT2D eigenvalue weighted by molar-refractivity contribution is -0.147. The van der Waals surface area contributed by atoms with Crippen LogP contribution in [0.4, 0.5) is 0 Å². The highest BCUT2D eigenvalue weighted by atomic mass is 16.7. The summed E-state index contributed by atoms with van der Waals surface area (Å²) in [6.07, 6.45) is 0. The van der Waals surface area contributed by atoms with Crippen LogP contribution in [0.2, 0.25) is 0 Å². The van der Waals surface area contributed by atoms with E-state index in [0.717, 1.165) is 4.85 Å². The van der Waals surface area contributed by atoms with Gasteiger partial charge in [-0.05, 0) is 29.5 Å². The first-order valence-corrected chi connectivity index (χ1v) is 11.4. The molecule has 190 valence electrons. The van der Waals surface area contributed by atoms with Crippen LogP contribution in [-0.4, -0.2) is 109 Å². The predicted octanol–water partition coefficient (Wildman–Crippen LogP) is -0.429. The smallest absolute Gasteiger partial charge is 0.348 e. The minimum atomic E-state index is -0.963. The number of carbonyl (C=O) groups excluding carboxylic acids is 1. The molecule has 3 heterocycles. The molecule has 0 atom stereocenters. The van der Waals surface area contributed by atoms with Gasteiger partial charge in [0.15, 0.2) is 0 Å². The van der Waals surface area contributed by atoms with E-state index in [-0.39, 0.29) is 19.6 Å². The van der Waals surface area contributed by atoms with Crippen LogP contribution in [0.1, 0.15) is 11.4 Å². The molecule has 2 N–H and O–H groups in total. The molecule has 36 heavy (non-hydrogen) atoms. The van der Waals surface area contributed by atoms with Crippen molar-refractivity contribution in [2.75, 3.05) is 45.8 Å². The molecule has 0 spiro atoms. The summed E-state index contributed by atoms with van der Waals surface area (Å²) in [6, 6.07) is 12.5. The third-order valence-corrected chi connectivity index (χ3v) is 5.68. The Kier molecular flexibility index (Phi) is 8.15. The van der Waals surface area contributed by atoms with Crippen molar-refractivity contribution in [1.29, 1.82) is 0 Å². The van der Waals surface area contributed by atoms with Gasteiger partial charge in [-0.25, -0.2) is 4.79 Å². The molecule has 4 rings (SSSR count). The molecule has 0 fully saturated rings. The highest BCUT2D eigenvalue weighted by Crippen LogP contribution is 2.10. The Labute approximate surface area is 206 Å². The summed E-state index contributed by atoms with van der Waals surface area (Å²) in [5, 5.41) is 26.6. The summed E-state index contributed by atoms with van der Waals surface area (Å²) in [5.41, 5.74) is 2.51. The summed E-state index contributed by atoms with van der Waals surface area (Å²) in [6.45, 7) is 1.60. The molecule has 13 heteroatoms. The third kappa shape index (κ3) is 7.04. The van der Waals surface area contributed by atoms with Gasteiger partial charge < -0.3 is 15.1 Å². The molecule has 1 aromatic carbocycles. The van der Waals surface area contributed by atoms with E-state index >= 15 is 0 Å². The van der Waals surface area contributed by atoms with Gasteiger partial charge in [0.25, 0.3) is 0 Å². The van der Waals surface area contributed by atoms with Crippen LogP contribution in [0.5, 0.6) is 0 Å². The summed E-state index contributed by atoms with van der Waals surface area (Å²) < 4.78 is 0. The first-order valence-electron chi connectivity index (χ1n) is 11.4. The number of carboxylic acid groups (broad SMARTS) is 2. The maximum Gasteiger partial charge on any atom is 0.348 e. The van der Waals surface area contributed by atoms with Crippen LogP contribution < -0.4 is 4.84 Å². The van der Waals surface area contributed by atoms with Gasteiger partial charge >= 0.3 is 17.9 Å². The van der Waals surface area contributed by atoms with Gasteiger partial charge in [0.1, 0.15) is 11.0 Å². The Morgan fingerprint density at radius 3 is 1.97 bits per heavy atom. The Bertz CT molecular complexity index is 1190. The molecule has 3 aromatic rings. The maximum atomic E-state index is 12.8. The standard InChI is InChI=1S/C23H27N7O6/c31-21(32)14-28-10-8-27(16-23(35)36-30-20-7-2-1-6-19(20)25-26-30)9-11-29(15-22(33)34)13-18-5-3-4-17(12-28)24-18/h1-7H,8-16H2,(H,31,32)(H,33,34). The van der Waals surface area contributed by atoms with Crippen LogP contribution in [0.25, 0.3) is 11.0 Å². The van der Waals surface area contributed by atoms with Crippen molar-refractivity contribution < 1.29 is 29.4 Å². The number of benzene rings is 1. The second kappa shape index (κ2) is 11.7. The lowest BCUT2D eigenvalue weighted by Crippen LogP contribution is -2.45. The molecular weight excluding hydrogens is 470 g/mol. The Hall–Kier alpha value is -3.94. The molecular formula is C23H27N7O6. The van der Waals surface area contributed by atoms with Crippen LogP contribution >= 0.6 is 0 Å². The molecule has 0 radical (unpaired) electrons. The first-order chi connectivity index (χ1) is 17.4. The van der Waals surface area contributed by atoms with Gasteiger partial charge in [-0.3, -0.25) is 29.3 Å². The highest BCUT2D eigenvalue weighted by molar-refractivity contribution is 5.76. The van der Waals surface area contributed by atoms with Gasteiger partial charge in [0.2, 0.25) is 0 Å². The van der Waals surface area contributed by atoms with Gasteiger partial charge in [0, 0.05) is 39.3 Å². The lowest BCUT2D eigenvalue weighted by atomic mass is 10.2. The number of nitrogens with zero attached hydrogens (tertiary/aromatic N) is 7. The Morgan fingerprint density at radius 1 is 0.778 bits per heavy atom. The van der Waals surface area contributed by atoms with E-state index in [1.807, 2.05) is 23.1 Å². The monoisotopic (exact) mass is 497 g/mol. The fourth-order valence-electron chi connectivity index (χ4n) is 4.03. The van der Waals surface area contributed by atoms with Gasteiger partial charge in [-0.1, -0.05) is 23.0 Å². The fraction of sp³-hybridized carbons (Fsp3) is 0.391. The number of carboxylic acids is 2. The molecule has 0 aliphatic carbocycles. The number of hydrogen-bond donors (Lipinski definition) is 2. The van der Waals surface area contributed by atoms with Crippen LogP contribution in [-0.2, 0) is 27.5 Å². The Balaban J connectivity index is 1.50. The van der Waals surface area contributed by atoms with Crippen molar-refractivity contribution in [3.63, 3.8) is 0 Å². The zero-order valence-electron chi connectivity index (χ0n) is 19.6. The number of hydrogen-bond acceptors (Lipinski definition) is 10. The van der Waals surface area contributed by atoms with Crippen molar-refractivity contribution >= 4 is 28.9 Å². The molecule has 0 amide bonds. The topological polar surface area (TPSA) is 154 Å². The molecule has 1 aliphatic rings. The second-order valence-electron chi connectivity index (χ2n) is 8.52.